The molecule has 0 radical (unpaired) electrons. The average Bonchev–Trinajstić information content (AvgIpc) is 3.31. The molecule has 2 atom stereocenters. The van der Waals surface area contributed by atoms with Gasteiger partial charge in [-0.2, -0.15) is 4.98 Å². The van der Waals surface area contributed by atoms with Gasteiger partial charge >= 0.3 is 0 Å². The molecule has 0 bridgehead atoms. The molecule has 7 nitrogen and oxygen atoms in total. The van der Waals surface area contributed by atoms with Crippen LogP contribution in [0.5, 0.6) is 0 Å². The summed E-state index contributed by atoms with van der Waals surface area (Å²) in [5.74, 6) is 0.729. The predicted octanol–water partition coefficient (Wildman–Crippen LogP) is 3.69. The third kappa shape index (κ3) is 3.45. The maximum Gasteiger partial charge on any atom is 0.266 e. The van der Waals surface area contributed by atoms with Gasteiger partial charge in [0.25, 0.3) is 5.89 Å². The molecule has 0 spiro atoms. The minimum absolute atomic E-state index is 0.0594. The van der Waals surface area contributed by atoms with E-state index in [9.17, 15) is 8.42 Å². The van der Waals surface area contributed by atoms with Crippen LogP contribution in [-0.4, -0.2) is 38.7 Å². The minimum atomic E-state index is -3.87. The Kier molecular flexibility index (Phi) is 4.76. The second kappa shape index (κ2) is 7.10. The number of nitrogens with zero attached hydrogens (tertiary/aromatic N) is 2. The molecule has 1 aliphatic heterocycles. The number of anilines is 1. The topological polar surface area (TPSA) is 85.8 Å². The lowest BCUT2D eigenvalue weighted by Gasteiger charge is -2.35. The van der Waals surface area contributed by atoms with Crippen molar-refractivity contribution in [3.05, 3.63) is 48.2 Å². The van der Waals surface area contributed by atoms with Crippen LogP contribution in [0.2, 0.25) is 0 Å². The molecule has 1 fully saturated rings. The summed E-state index contributed by atoms with van der Waals surface area (Å²) in [7, 11) is -3.87. The molecule has 3 heterocycles. The summed E-state index contributed by atoms with van der Waals surface area (Å²) in [5.41, 5.74) is 0.978. The summed E-state index contributed by atoms with van der Waals surface area (Å²) >= 11 is 0. The first-order valence-corrected chi connectivity index (χ1v) is 10.6. The summed E-state index contributed by atoms with van der Waals surface area (Å²) in [5, 5.41) is -0.107. The summed E-state index contributed by atoms with van der Waals surface area (Å²) in [6.45, 7) is 6.81. The van der Waals surface area contributed by atoms with Gasteiger partial charge in [0.2, 0.25) is 20.7 Å². The van der Waals surface area contributed by atoms with Crippen molar-refractivity contribution in [1.82, 2.24) is 4.98 Å². The number of aromatic nitrogens is 1. The number of furan rings is 1. The number of rotatable bonds is 4. The highest BCUT2D eigenvalue weighted by molar-refractivity contribution is 7.91. The third-order valence-corrected chi connectivity index (χ3v) is 6.27. The van der Waals surface area contributed by atoms with Crippen molar-refractivity contribution in [1.29, 1.82) is 0 Å². The van der Waals surface area contributed by atoms with Crippen LogP contribution < -0.4 is 4.90 Å². The van der Waals surface area contributed by atoms with E-state index in [0.29, 0.717) is 18.8 Å². The number of oxazole rings is 1. The lowest BCUT2D eigenvalue weighted by Crippen LogP contribution is -2.45. The van der Waals surface area contributed by atoms with Gasteiger partial charge in [0.1, 0.15) is 0 Å². The van der Waals surface area contributed by atoms with E-state index in [-0.39, 0.29) is 33.9 Å². The van der Waals surface area contributed by atoms with Crippen LogP contribution in [0.15, 0.2) is 61.4 Å². The molecule has 148 valence electrons. The van der Waals surface area contributed by atoms with Crippen molar-refractivity contribution in [2.45, 2.75) is 42.9 Å². The molecule has 2 unspecified atom stereocenters. The Morgan fingerprint density at radius 2 is 1.75 bits per heavy atom. The zero-order valence-corrected chi connectivity index (χ0v) is 16.8. The van der Waals surface area contributed by atoms with Gasteiger partial charge in [-0.3, -0.25) is 0 Å². The fraction of sp³-hybridized carbons (Fsp3) is 0.350. The van der Waals surface area contributed by atoms with Crippen LogP contribution in [-0.2, 0) is 14.6 Å². The lowest BCUT2D eigenvalue weighted by molar-refractivity contribution is -0.00657. The van der Waals surface area contributed by atoms with E-state index in [4.69, 9.17) is 13.6 Å². The molecule has 0 N–H and O–H groups in total. The molecule has 1 saturated heterocycles. The first kappa shape index (κ1) is 18.8. The van der Waals surface area contributed by atoms with E-state index in [2.05, 4.69) is 4.98 Å². The molecule has 0 saturated carbocycles. The van der Waals surface area contributed by atoms with Crippen molar-refractivity contribution in [3.63, 3.8) is 0 Å². The highest BCUT2D eigenvalue weighted by atomic mass is 32.2. The van der Waals surface area contributed by atoms with Crippen molar-refractivity contribution in [2.24, 2.45) is 0 Å². The quantitative estimate of drug-likeness (QED) is 0.658. The Bertz CT molecular complexity index is 1040. The average molecular weight is 402 g/mol. The van der Waals surface area contributed by atoms with Crippen LogP contribution in [0.1, 0.15) is 19.4 Å². The number of aryl methyl sites for hydroxylation is 1. The fourth-order valence-electron chi connectivity index (χ4n) is 3.35. The molecular formula is C20H22N2O5S. The summed E-state index contributed by atoms with van der Waals surface area (Å²) < 4.78 is 43.7. The number of ether oxygens (including phenoxy) is 1. The standard InChI is InChI=1S/C20H22N2O5S/c1-13-6-8-16(9-7-13)28(23,24)19-20(22-11-14(2)26-15(3)12-22)27-18(21-19)17-5-4-10-25-17/h4-10,14-15H,11-12H2,1-3H3. The van der Waals surface area contributed by atoms with Crippen LogP contribution >= 0.6 is 0 Å². The zero-order chi connectivity index (χ0) is 19.9. The monoisotopic (exact) mass is 402 g/mol. The smallest absolute Gasteiger partial charge is 0.266 e. The van der Waals surface area contributed by atoms with Crippen LogP contribution in [0.3, 0.4) is 0 Å². The predicted molar refractivity (Wildman–Crippen MR) is 103 cm³/mol. The number of benzene rings is 1. The van der Waals surface area contributed by atoms with Crippen molar-refractivity contribution >= 4 is 15.7 Å². The van der Waals surface area contributed by atoms with E-state index in [1.54, 1.807) is 36.4 Å². The lowest BCUT2D eigenvalue weighted by atomic mass is 10.2. The molecule has 2 aromatic heterocycles. The zero-order valence-electron chi connectivity index (χ0n) is 16.0. The Morgan fingerprint density at radius 3 is 2.36 bits per heavy atom. The van der Waals surface area contributed by atoms with Crippen molar-refractivity contribution in [2.75, 3.05) is 18.0 Å². The third-order valence-electron chi connectivity index (χ3n) is 4.60. The molecule has 28 heavy (non-hydrogen) atoms. The van der Waals surface area contributed by atoms with Gasteiger partial charge in [-0.1, -0.05) is 17.7 Å². The van der Waals surface area contributed by atoms with Gasteiger partial charge in [0.05, 0.1) is 23.4 Å². The normalized spacial score (nSPS) is 20.5. The molecular weight excluding hydrogens is 380 g/mol. The SMILES string of the molecule is Cc1ccc(S(=O)(=O)c2nc(-c3ccco3)oc2N2CC(C)OC(C)C2)cc1. The Morgan fingerprint density at radius 1 is 1.07 bits per heavy atom. The Hall–Kier alpha value is -2.58. The second-order valence-electron chi connectivity index (χ2n) is 7.09. The van der Waals surface area contributed by atoms with Crippen LogP contribution in [0.25, 0.3) is 11.7 Å². The van der Waals surface area contributed by atoms with E-state index in [0.717, 1.165) is 5.56 Å². The number of hydrogen-bond acceptors (Lipinski definition) is 7. The first-order valence-electron chi connectivity index (χ1n) is 9.11. The maximum atomic E-state index is 13.3. The number of hydrogen-bond donors (Lipinski definition) is 0. The van der Waals surface area contributed by atoms with E-state index >= 15 is 0 Å². The van der Waals surface area contributed by atoms with Gasteiger partial charge in [-0.05, 0) is 45.0 Å². The van der Waals surface area contributed by atoms with Crippen LogP contribution in [0, 0.1) is 6.92 Å². The molecule has 0 aliphatic carbocycles. The summed E-state index contributed by atoms with van der Waals surface area (Å²) in [4.78, 5) is 6.37. The van der Waals surface area contributed by atoms with E-state index in [1.165, 1.54) is 6.26 Å². The van der Waals surface area contributed by atoms with E-state index < -0.39 is 9.84 Å². The molecule has 3 aromatic rings. The second-order valence-corrected chi connectivity index (χ2v) is 8.95. The number of sulfone groups is 1. The van der Waals surface area contributed by atoms with Crippen molar-refractivity contribution < 1.29 is 22.0 Å². The summed E-state index contributed by atoms with van der Waals surface area (Å²) in [6, 6.07) is 10.1. The maximum absolute atomic E-state index is 13.3. The molecule has 1 aliphatic rings. The molecule has 1 aromatic carbocycles. The van der Waals surface area contributed by atoms with Gasteiger partial charge < -0.3 is 18.5 Å². The number of morpholine rings is 1. The Balaban J connectivity index is 1.84. The minimum Gasteiger partial charge on any atom is -0.459 e. The van der Waals surface area contributed by atoms with Gasteiger partial charge in [-0.15, -0.1) is 0 Å². The van der Waals surface area contributed by atoms with Gasteiger partial charge in [-0.25, -0.2) is 8.42 Å². The molecule has 8 heteroatoms. The van der Waals surface area contributed by atoms with Crippen LogP contribution in [0.4, 0.5) is 5.88 Å². The highest BCUT2D eigenvalue weighted by Crippen LogP contribution is 2.36. The highest BCUT2D eigenvalue weighted by Gasteiger charge is 2.34. The largest absolute Gasteiger partial charge is 0.459 e. The van der Waals surface area contributed by atoms with E-state index in [1.807, 2.05) is 25.7 Å². The fourth-order valence-corrected chi connectivity index (χ4v) is 4.67. The molecule has 0 amide bonds. The van der Waals surface area contributed by atoms with Gasteiger partial charge in [0, 0.05) is 13.1 Å². The molecule has 4 rings (SSSR count). The summed E-state index contributed by atoms with van der Waals surface area (Å²) in [6.07, 6.45) is 1.37. The van der Waals surface area contributed by atoms with Crippen molar-refractivity contribution in [3.8, 4) is 11.7 Å². The first-order chi connectivity index (χ1) is 13.3. The van der Waals surface area contributed by atoms with Gasteiger partial charge in [0.15, 0.2) is 5.76 Å². The Labute approximate surface area is 163 Å².